The minimum absolute atomic E-state index is 0.147. The molecule has 0 saturated carbocycles. The standard InChI is InChI=1S/C12H14N6/c13-10-9-11(18-12(14)17-10)15-6-8(16-9)7-4-2-1-3-5-7/h1-5,8,16H,6H2,(H5,13,14,15,17,18)/t8-/m0/s1. The lowest BCUT2D eigenvalue weighted by molar-refractivity contribution is 0.795. The van der Waals surface area contributed by atoms with E-state index in [-0.39, 0.29) is 12.0 Å². The molecule has 1 atom stereocenters. The van der Waals surface area contributed by atoms with Gasteiger partial charge in [-0.1, -0.05) is 30.3 Å². The predicted octanol–water partition coefficient (Wildman–Crippen LogP) is 1.22. The van der Waals surface area contributed by atoms with Crippen molar-refractivity contribution in [1.82, 2.24) is 9.97 Å². The van der Waals surface area contributed by atoms with Gasteiger partial charge in [0.2, 0.25) is 5.95 Å². The molecule has 1 aliphatic rings. The lowest BCUT2D eigenvalue weighted by Gasteiger charge is -2.28. The maximum Gasteiger partial charge on any atom is 0.224 e. The summed E-state index contributed by atoms with van der Waals surface area (Å²) in [6.45, 7) is 0.729. The van der Waals surface area contributed by atoms with E-state index in [4.69, 9.17) is 11.5 Å². The molecule has 0 unspecified atom stereocenters. The minimum Gasteiger partial charge on any atom is -0.382 e. The second-order valence-electron chi connectivity index (χ2n) is 4.18. The van der Waals surface area contributed by atoms with E-state index >= 15 is 0 Å². The Hall–Kier alpha value is -2.50. The van der Waals surface area contributed by atoms with Gasteiger partial charge in [0.1, 0.15) is 5.69 Å². The van der Waals surface area contributed by atoms with Crippen LogP contribution in [0.4, 0.5) is 23.3 Å². The molecular formula is C12H14N6. The maximum atomic E-state index is 5.85. The van der Waals surface area contributed by atoms with Gasteiger partial charge in [0.25, 0.3) is 0 Å². The zero-order valence-corrected chi connectivity index (χ0v) is 9.72. The van der Waals surface area contributed by atoms with Crippen molar-refractivity contribution >= 4 is 23.3 Å². The Kier molecular flexibility index (Phi) is 2.40. The second kappa shape index (κ2) is 4.06. The van der Waals surface area contributed by atoms with Gasteiger partial charge in [0.05, 0.1) is 6.04 Å². The van der Waals surface area contributed by atoms with Crippen LogP contribution in [0.3, 0.4) is 0 Å². The fraction of sp³-hybridized carbons (Fsp3) is 0.167. The first-order valence-electron chi connectivity index (χ1n) is 5.72. The average Bonchev–Trinajstić information content (AvgIpc) is 2.39. The summed E-state index contributed by atoms with van der Waals surface area (Å²) in [5, 5.41) is 6.56. The Balaban J connectivity index is 1.94. The Morgan fingerprint density at radius 2 is 1.89 bits per heavy atom. The molecule has 2 aromatic rings. The molecule has 6 nitrogen and oxygen atoms in total. The number of nitrogen functional groups attached to an aromatic ring is 2. The van der Waals surface area contributed by atoms with E-state index in [2.05, 4.69) is 32.7 Å². The Bertz CT molecular complexity index is 568. The number of hydrogen-bond acceptors (Lipinski definition) is 6. The Labute approximate surface area is 104 Å². The lowest BCUT2D eigenvalue weighted by atomic mass is 10.1. The number of nitrogens with two attached hydrogens (primary N) is 2. The molecule has 18 heavy (non-hydrogen) atoms. The van der Waals surface area contributed by atoms with Crippen molar-refractivity contribution in [3.8, 4) is 0 Å². The number of rotatable bonds is 1. The van der Waals surface area contributed by atoms with E-state index in [1.807, 2.05) is 18.2 Å². The molecule has 6 heteroatoms. The first-order valence-corrected chi connectivity index (χ1v) is 5.72. The Morgan fingerprint density at radius 3 is 2.67 bits per heavy atom. The summed E-state index contributed by atoms with van der Waals surface area (Å²) in [6.07, 6.45) is 0. The molecule has 0 amide bonds. The number of aromatic nitrogens is 2. The molecule has 0 aliphatic carbocycles. The first-order chi connectivity index (χ1) is 8.74. The van der Waals surface area contributed by atoms with Crippen LogP contribution >= 0.6 is 0 Å². The van der Waals surface area contributed by atoms with Gasteiger partial charge in [-0.2, -0.15) is 9.97 Å². The van der Waals surface area contributed by atoms with Crippen molar-refractivity contribution in [2.24, 2.45) is 0 Å². The fourth-order valence-electron chi connectivity index (χ4n) is 2.08. The van der Waals surface area contributed by atoms with Crippen molar-refractivity contribution < 1.29 is 0 Å². The molecule has 1 aromatic heterocycles. The number of nitrogens with zero attached hydrogens (tertiary/aromatic N) is 2. The van der Waals surface area contributed by atoms with Crippen LogP contribution < -0.4 is 22.1 Å². The van der Waals surface area contributed by atoms with Crippen LogP contribution in [0.5, 0.6) is 0 Å². The topological polar surface area (TPSA) is 102 Å². The zero-order chi connectivity index (χ0) is 12.5. The molecule has 0 bridgehead atoms. The molecule has 2 heterocycles. The molecule has 1 aliphatic heterocycles. The highest BCUT2D eigenvalue weighted by Crippen LogP contribution is 2.33. The van der Waals surface area contributed by atoms with Gasteiger partial charge >= 0.3 is 0 Å². The number of fused-ring (bicyclic) bond motifs is 1. The largest absolute Gasteiger partial charge is 0.382 e. The van der Waals surface area contributed by atoms with Crippen LogP contribution in [-0.2, 0) is 0 Å². The zero-order valence-electron chi connectivity index (χ0n) is 9.72. The third-order valence-electron chi connectivity index (χ3n) is 2.95. The molecule has 6 N–H and O–H groups in total. The van der Waals surface area contributed by atoms with Gasteiger partial charge in [-0.25, -0.2) is 0 Å². The molecule has 0 saturated heterocycles. The van der Waals surface area contributed by atoms with Crippen LogP contribution in [0.2, 0.25) is 0 Å². The predicted molar refractivity (Wildman–Crippen MR) is 72.2 cm³/mol. The average molecular weight is 242 g/mol. The van der Waals surface area contributed by atoms with Gasteiger partial charge in [-0.3, -0.25) is 0 Å². The monoisotopic (exact) mass is 242 g/mol. The number of hydrogen-bond donors (Lipinski definition) is 4. The van der Waals surface area contributed by atoms with Crippen LogP contribution in [0.15, 0.2) is 30.3 Å². The molecule has 0 fully saturated rings. The quantitative estimate of drug-likeness (QED) is 0.599. The molecule has 0 radical (unpaired) electrons. The number of anilines is 4. The van der Waals surface area contributed by atoms with Gasteiger partial charge in [0, 0.05) is 6.54 Å². The normalized spacial score (nSPS) is 17.4. The second-order valence-corrected chi connectivity index (χ2v) is 4.18. The lowest BCUT2D eigenvalue weighted by Crippen LogP contribution is -2.27. The first kappa shape index (κ1) is 10.6. The van der Waals surface area contributed by atoms with Gasteiger partial charge in [-0.15, -0.1) is 0 Å². The summed E-state index contributed by atoms with van der Waals surface area (Å²) >= 11 is 0. The third kappa shape index (κ3) is 1.77. The van der Waals surface area contributed by atoms with Gasteiger partial charge in [-0.05, 0) is 5.56 Å². The number of nitrogens with one attached hydrogen (secondary N) is 2. The van der Waals surface area contributed by atoms with Crippen molar-refractivity contribution in [3.63, 3.8) is 0 Å². The van der Waals surface area contributed by atoms with Gasteiger partial charge in [0.15, 0.2) is 11.6 Å². The summed E-state index contributed by atoms with van der Waals surface area (Å²) in [5.41, 5.74) is 13.3. The highest BCUT2D eigenvalue weighted by Gasteiger charge is 2.22. The third-order valence-corrected chi connectivity index (χ3v) is 2.95. The van der Waals surface area contributed by atoms with E-state index < -0.39 is 0 Å². The van der Waals surface area contributed by atoms with Crippen LogP contribution in [0, 0.1) is 0 Å². The summed E-state index contributed by atoms with van der Waals surface area (Å²) in [7, 11) is 0. The smallest absolute Gasteiger partial charge is 0.224 e. The van der Waals surface area contributed by atoms with E-state index in [9.17, 15) is 0 Å². The van der Waals surface area contributed by atoms with E-state index in [1.165, 1.54) is 5.56 Å². The summed E-state index contributed by atoms with van der Waals surface area (Å²) in [4.78, 5) is 8.07. The van der Waals surface area contributed by atoms with Crippen molar-refractivity contribution in [2.75, 3.05) is 28.6 Å². The molecule has 0 spiro atoms. The van der Waals surface area contributed by atoms with Crippen LogP contribution in [0.1, 0.15) is 11.6 Å². The molecule has 3 rings (SSSR count). The maximum absolute atomic E-state index is 5.85. The summed E-state index contributed by atoms with van der Waals surface area (Å²) < 4.78 is 0. The summed E-state index contributed by atoms with van der Waals surface area (Å²) in [6, 6.07) is 10.3. The highest BCUT2D eigenvalue weighted by molar-refractivity contribution is 5.78. The van der Waals surface area contributed by atoms with E-state index in [0.717, 1.165) is 6.54 Å². The van der Waals surface area contributed by atoms with Crippen molar-refractivity contribution in [1.29, 1.82) is 0 Å². The van der Waals surface area contributed by atoms with Crippen molar-refractivity contribution in [3.05, 3.63) is 35.9 Å². The van der Waals surface area contributed by atoms with Crippen LogP contribution in [-0.4, -0.2) is 16.5 Å². The fourth-order valence-corrected chi connectivity index (χ4v) is 2.08. The number of benzene rings is 1. The molecular weight excluding hydrogens is 228 g/mol. The van der Waals surface area contributed by atoms with E-state index in [1.54, 1.807) is 0 Å². The van der Waals surface area contributed by atoms with Gasteiger partial charge < -0.3 is 22.1 Å². The Morgan fingerprint density at radius 1 is 1.11 bits per heavy atom. The summed E-state index contributed by atoms with van der Waals surface area (Å²) in [5.74, 6) is 1.21. The molecule has 1 aromatic carbocycles. The van der Waals surface area contributed by atoms with E-state index in [0.29, 0.717) is 17.3 Å². The molecule has 92 valence electrons. The highest BCUT2D eigenvalue weighted by atomic mass is 15.2. The SMILES string of the molecule is Nc1nc(N)c2c(n1)NC[C@@H](c1ccccc1)N2. The minimum atomic E-state index is 0.147. The van der Waals surface area contributed by atoms with Crippen molar-refractivity contribution in [2.45, 2.75) is 6.04 Å². The van der Waals surface area contributed by atoms with Crippen LogP contribution in [0.25, 0.3) is 0 Å².